The molecule has 1 unspecified atom stereocenters. The molecule has 1 aliphatic carbocycles. The van der Waals surface area contributed by atoms with Crippen LogP contribution in [0.15, 0.2) is 54.2 Å². The Morgan fingerprint density at radius 3 is 2.57 bits per heavy atom. The van der Waals surface area contributed by atoms with Gasteiger partial charge in [0.05, 0.1) is 13.0 Å². The van der Waals surface area contributed by atoms with Crippen molar-refractivity contribution in [3.8, 4) is 5.75 Å². The van der Waals surface area contributed by atoms with Crippen LogP contribution in [0.4, 0.5) is 0 Å². The number of rotatable bonds is 4. The molecule has 118 valence electrons. The Kier molecular flexibility index (Phi) is 4.39. The van der Waals surface area contributed by atoms with Gasteiger partial charge in [-0.15, -0.1) is 0 Å². The number of allylic oxidation sites excluding steroid dienone is 2. The highest BCUT2D eigenvalue weighted by atomic mass is 35.5. The molecule has 0 saturated carbocycles. The minimum Gasteiger partial charge on any atom is -0.497 e. The van der Waals surface area contributed by atoms with Crippen LogP contribution in [0.25, 0.3) is 5.57 Å². The largest absolute Gasteiger partial charge is 0.497 e. The fraction of sp³-hybridized carbons (Fsp3) is 0.211. The molecule has 3 rings (SSSR count). The van der Waals surface area contributed by atoms with Crippen LogP contribution in [-0.4, -0.2) is 19.9 Å². The van der Waals surface area contributed by atoms with Crippen molar-refractivity contribution in [1.29, 1.82) is 0 Å². The first-order valence-electron chi connectivity index (χ1n) is 7.49. The number of ether oxygens (including phenoxy) is 1. The van der Waals surface area contributed by atoms with Gasteiger partial charge in [0.15, 0.2) is 5.78 Å². The number of methoxy groups -OCH3 is 1. The summed E-state index contributed by atoms with van der Waals surface area (Å²) >= 11 is 6.16. The molecule has 2 aromatic rings. The van der Waals surface area contributed by atoms with Crippen molar-refractivity contribution in [1.82, 2.24) is 5.32 Å². The molecule has 2 aromatic carbocycles. The topological polar surface area (TPSA) is 38.3 Å². The van der Waals surface area contributed by atoms with E-state index in [-0.39, 0.29) is 11.7 Å². The van der Waals surface area contributed by atoms with E-state index >= 15 is 0 Å². The zero-order chi connectivity index (χ0) is 16.4. The number of halogens is 1. The molecule has 0 amide bonds. The molecule has 3 nitrogen and oxygen atoms in total. The van der Waals surface area contributed by atoms with E-state index in [4.69, 9.17) is 16.3 Å². The van der Waals surface area contributed by atoms with Gasteiger partial charge in [0, 0.05) is 29.8 Å². The highest BCUT2D eigenvalue weighted by Crippen LogP contribution is 2.40. The van der Waals surface area contributed by atoms with Gasteiger partial charge in [-0.1, -0.05) is 41.9 Å². The Morgan fingerprint density at radius 2 is 1.91 bits per heavy atom. The smallest absolute Gasteiger partial charge is 0.173 e. The van der Waals surface area contributed by atoms with E-state index in [0.717, 1.165) is 16.8 Å². The summed E-state index contributed by atoms with van der Waals surface area (Å²) in [5.74, 6) is 0.606. The zero-order valence-electron chi connectivity index (χ0n) is 13.1. The summed E-state index contributed by atoms with van der Waals surface area (Å²) in [5.41, 5.74) is 3.46. The van der Waals surface area contributed by atoms with E-state index in [1.165, 1.54) is 0 Å². The molecule has 1 atom stereocenters. The summed E-state index contributed by atoms with van der Waals surface area (Å²) in [4.78, 5) is 13.0. The number of ketones is 1. The fourth-order valence-corrected chi connectivity index (χ4v) is 3.27. The van der Waals surface area contributed by atoms with Crippen LogP contribution < -0.4 is 10.1 Å². The van der Waals surface area contributed by atoms with Crippen molar-refractivity contribution < 1.29 is 9.53 Å². The summed E-state index contributed by atoms with van der Waals surface area (Å²) < 4.78 is 5.27. The number of Topliss-reactive ketones (excluding diaryl/α,β-unsaturated/α-hetero) is 1. The van der Waals surface area contributed by atoms with Crippen LogP contribution in [0.1, 0.15) is 23.5 Å². The normalized spacial score (nSPS) is 17.5. The van der Waals surface area contributed by atoms with Crippen molar-refractivity contribution in [2.75, 3.05) is 14.2 Å². The molecule has 4 heteroatoms. The van der Waals surface area contributed by atoms with Gasteiger partial charge in [0.25, 0.3) is 0 Å². The Balaban J connectivity index is 2.04. The lowest BCUT2D eigenvalue weighted by Crippen LogP contribution is -2.08. The Morgan fingerprint density at radius 1 is 1.17 bits per heavy atom. The summed E-state index contributed by atoms with van der Waals surface area (Å²) in [6.45, 7) is 0. The summed E-state index contributed by atoms with van der Waals surface area (Å²) in [7, 11) is 3.43. The predicted octanol–water partition coefficient (Wildman–Crippen LogP) is 4.04. The van der Waals surface area contributed by atoms with Crippen molar-refractivity contribution in [3.63, 3.8) is 0 Å². The first kappa shape index (κ1) is 15.6. The molecule has 0 radical (unpaired) electrons. The minimum atomic E-state index is -0.154. The fourth-order valence-electron chi connectivity index (χ4n) is 3.04. The van der Waals surface area contributed by atoms with Crippen LogP contribution in [0.3, 0.4) is 0 Å². The maximum absolute atomic E-state index is 13.0. The van der Waals surface area contributed by atoms with Crippen LogP contribution in [-0.2, 0) is 4.79 Å². The first-order valence-corrected chi connectivity index (χ1v) is 7.87. The maximum atomic E-state index is 13.0. The van der Waals surface area contributed by atoms with Gasteiger partial charge in [0.2, 0.25) is 0 Å². The van der Waals surface area contributed by atoms with E-state index < -0.39 is 0 Å². The third kappa shape index (κ3) is 2.97. The van der Waals surface area contributed by atoms with E-state index in [9.17, 15) is 4.79 Å². The van der Waals surface area contributed by atoms with Gasteiger partial charge < -0.3 is 10.1 Å². The van der Waals surface area contributed by atoms with Crippen molar-refractivity contribution in [2.24, 2.45) is 0 Å². The average molecular weight is 328 g/mol. The third-order valence-corrected chi connectivity index (χ3v) is 4.39. The Hall–Kier alpha value is -2.26. The predicted molar refractivity (Wildman–Crippen MR) is 92.8 cm³/mol. The van der Waals surface area contributed by atoms with E-state index in [1.54, 1.807) is 13.2 Å². The summed E-state index contributed by atoms with van der Waals surface area (Å²) in [6, 6.07) is 15.3. The van der Waals surface area contributed by atoms with Crippen molar-refractivity contribution >= 4 is 23.0 Å². The van der Waals surface area contributed by atoms with E-state index in [2.05, 4.69) is 5.32 Å². The van der Waals surface area contributed by atoms with E-state index in [1.807, 2.05) is 49.5 Å². The lowest BCUT2D eigenvalue weighted by Gasteiger charge is -2.10. The second-order valence-corrected chi connectivity index (χ2v) is 5.95. The Bertz CT molecular complexity index is 768. The molecule has 0 bridgehead atoms. The van der Waals surface area contributed by atoms with Crippen LogP contribution in [0.2, 0.25) is 5.02 Å². The SMILES string of the molecule is CNC1=C(c2cc(Cl)cc(OC)c2)C(=O)C(c2ccccc2)C1. The van der Waals surface area contributed by atoms with Crippen LogP contribution >= 0.6 is 11.6 Å². The van der Waals surface area contributed by atoms with Gasteiger partial charge in [-0.2, -0.15) is 0 Å². The second kappa shape index (κ2) is 6.47. The minimum absolute atomic E-state index is 0.116. The average Bonchev–Trinajstić information content (AvgIpc) is 2.91. The number of nitrogens with one attached hydrogen (secondary N) is 1. The highest BCUT2D eigenvalue weighted by Gasteiger charge is 2.34. The van der Waals surface area contributed by atoms with Crippen molar-refractivity contribution in [2.45, 2.75) is 12.3 Å². The molecular weight excluding hydrogens is 310 g/mol. The molecule has 0 aromatic heterocycles. The molecule has 0 aliphatic heterocycles. The van der Waals surface area contributed by atoms with Gasteiger partial charge in [0.1, 0.15) is 5.75 Å². The Labute approximate surface area is 140 Å². The number of carbonyl (C=O) groups is 1. The monoisotopic (exact) mass is 327 g/mol. The van der Waals surface area contributed by atoms with Gasteiger partial charge >= 0.3 is 0 Å². The molecule has 1 N–H and O–H groups in total. The summed E-state index contributed by atoms with van der Waals surface area (Å²) in [5, 5.41) is 3.73. The second-order valence-electron chi connectivity index (χ2n) is 5.51. The third-order valence-electron chi connectivity index (χ3n) is 4.17. The zero-order valence-corrected chi connectivity index (χ0v) is 13.9. The molecule has 23 heavy (non-hydrogen) atoms. The molecular formula is C19H18ClNO2. The lowest BCUT2D eigenvalue weighted by molar-refractivity contribution is -0.114. The van der Waals surface area contributed by atoms with Gasteiger partial charge in [-0.3, -0.25) is 4.79 Å². The maximum Gasteiger partial charge on any atom is 0.173 e. The van der Waals surface area contributed by atoms with Gasteiger partial charge in [-0.05, 0) is 29.3 Å². The first-order chi connectivity index (χ1) is 11.1. The van der Waals surface area contributed by atoms with Crippen molar-refractivity contribution in [3.05, 3.63) is 70.4 Å². The number of benzene rings is 2. The van der Waals surface area contributed by atoms with Crippen LogP contribution in [0.5, 0.6) is 5.75 Å². The molecule has 0 heterocycles. The highest BCUT2D eigenvalue weighted by molar-refractivity contribution is 6.32. The van der Waals surface area contributed by atoms with Gasteiger partial charge in [-0.25, -0.2) is 0 Å². The molecule has 1 aliphatic rings. The quantitative estimate of drug-likeness (QED) is 0.921. The number of hydrogen-bond acceptors (Lipinski definition) is 3. The molecule has 0 saturated heterocycles. The summed E-state index contributed by atoms with van der Waals surface area (Å²) in [6.07, 6.45) is 0.670. The standard InChI is InChI=1S/C19H18ClNO2/c1-21-17-11-16(12-6-4-3-5-7-12)19(22)18(17)13-8-14(20)10-15(9-13)23-2/h3-10,16,21H,11H2,1-2H3. The van der Waals surface area contributed by atoms with E-state index in [0.29, 0.717) is 22.8 Å². The number of hydrogen-bond donors (Lipinski definition) is 1. The molecule has 0 spiro atoms. The van der Waals surface area contributed by atoms with Crippen LogP contribution in [0, 0.1) is 0 Å². The molecule has 0 fully saturated rings. The lowest BCUT2D eigenvalue weighted by atomic mass is 9.93. The number of carbonyl (C=O) groups excluding carboxylic acids is 1.